The van der Waals surface area contributed by atoms with Crippen LogP contribution in [0.5, 0.6) is 0 Å². The van der Waals surface area contributed by atoms with Crippen molar-refractivity contribution in [1.29, 1.82) is 0 Å². The third kappa shape index (κ3) is 4.54. The summed E-state index contributed by atoms with van der Waals surface area (Å²) in [5, 5.41) is 5.78. The molecule has 3 aliphatic rings. The van der Waals surface area contributed by atoms with Gasteiger partial charge >= 0.3 is 6.03 Å². The molecule has 4 amide bonds. The van der Waals surface area contributed by atoms with Crippen LogP contribution in [-0.2, 0) is 14.3 Å². The van der Waals surface area contributed by atoms with E-state index in [0.29, 0.717) is 18.8 Å². The van der Waals surface area contributed by atoms with E-state index in [-0.39, 0.29) is 24.4 Å². The highest BCUT2D eigenvalue weighted by Gasteiger charge is 2.52. The third-order valence-corrected chi connectivity index (χ3v) is 6.82. The van der Waals surface area contributed by atoms with Gasteiger partial charge in [-0.2, -0.15) is 0 Å². The summed E-state index contributed by atoms with van der Waals surface area (Å²) in [5.74, 6) is -0.0419. The van der Waals surface area contributed by atoms with Gasteiger partial charge in [0.05, 0.1) is 19.3 Å². The molecule has 1 atom stereocenters. The van der Waals surface area contributed by atoms with Crippen LogP contribution in [0.2, 0.25) is 0 Å². The summed E-state index contributed by atoms with van der Waals surface area (Å²) in [4.78, 5) is 41.3. The Bertz CT molecular complexity index is 826. The number of carbonyl (C=O) groups is 3. The van der Waals surface area contributed by atoms with Crippen LogP contribution in [0.15, 0.2) is 24.3 Å². The first-order valence-electron chi connectivity index (χ1n) is 11.2. The molecule has 1 aromatic rings. The molecule has 3 fully saturated rings. The van der Waals surface area contributed by atoms with Gasteiger partial charge in [-0.25, -0.2) is 4.79 Å². The Morgan fingerprint density at radius 1 is 1.19 bits per heavy atom. The van der Waals surface area contributed by atoms with E-state index >= 15 is 0 Å². The van der Waals surface area contributed by atoms with Gasteiger partial charge in [0.2, 0.25) is 5.91 Å². The van der Waals surface area contributed by atoms with Crippen molar-refractivity contribution in [2.75, 3.05) is 37.7 Å². The molecule has 8 nitrogen and oxygen atoms in total. The number of amides is 4. The van der Waals surface area contributed by atoms with E-state index in [0.717, 1.165) is 55.3 Å². The second kappa shape index (κ2) is 8.86. The molecule has 2 aliphatic heterocycles. The summed E-state index contributed by atoms with van der Waals surface area (Å²) in [6.45, 7) is 7.02. The molecular formula is C23H32N4O4. The predicted molar refractivity (Wildman–Crippen MR) is 117 cm³/mol. The first-order valence-corrected chi connectivity index (χ1v) is 11.2. The molecular weight excluding hydrogens is 396 g/mol. The molecule has 1 unspecified atom stereocenters. The summed E-state index contributed by atoms with van der Waals surface area (Å²) in [5.41, 5.74) is 1.29. The maximum atomic E-state index is 12.9. The van der Waals surface area contributed by atoms with Crippen molar-refractivity contribution in [1.82, 2.24) is 15.5 Å². The van der Waals surface area contributed by atoms with E-state index in [1.807, 2.05) is 19.1 Å². The van der Waals surface area contributed by atoms with Crippen molar-refractivity contribution in [3.05, 3.63) is 29.8 Å². The van der Waals surface area contributed by atoms with E-state index in [1.165, 1.54) is 0 Å². The number of hydrogen-bond acceptors (Lipinski definition) is 5. The topological polar surface area (TPSA) is 91.0 Å². The number of nitrogens with zero attached hydrogens (tertiary/aromatic N) is 2. The van der Waals surface area contributed by atoms with Gasteiger partial charge in [0.25, 0.3) is 5.91 Å². The lowest BCUT2D eigenvalue weighted by molar-refractivity contribution is -0.136. The van der Waals surface area contributed by atoms with Crippen molar-refractivity contribution in [2.24, 2.45) is 5.92 Å². The van der Waals surface area contributed by atoms with Crippen molar-refractivity contribution in [2.45, 2.75) is 51.1 Å². The van der Waals surface area contributed by atoms with Gasteiger partial charge in [-0.15, -0.1) is 0 Å². The van der Waals surface area contributed by atoms with E-state index in [1.54, 1.807) is 0 Å². The molecule has 0 radical (unpaired) electrons. The summed E-state index contributed by atoms with van der Waals surface area (Å²) in [7, 11) is 0. The zero-order valence-corrected chi connectivity index (χ0v) is 18.4. The normalized spacial score (nSPS) is 27.4. The molecule has 2 saturated heterocycles. The maximum Gasteiger partial charge on any atom is 0.325 e. The fourth-order valence-corrected chi connectivity index (χ4v) is 4.72. The van der Waals surface area contributed by atoms with Crippen LogP contribution < -0.4 is 15.5 Å². The molecule has 2 N–H and O–H groups in total. The quantitative estimate of drug-likeness (QED) is 0.702. The number of benzene rings is 1. The highest BCUT2D eigenvalue weighted by Crippen LogP contribution is 2.36. The fraction of sp³-hybridized carbons (Fsp3) is 0.609. The van der Waals surface area contributed by atoms with Crippen LogP contribution in [0, 0.1) is 5.92 Å². The Kier molecular flexibility index (Phi) is 6.18. The van der Waals surface area contributed by atoms with Gasteiger partial charge < -0.3 is 20.3 Å². The molecule has 2 heterocycles. The number of anilines is 1. The Hall–Kier alpha value is -2.61. The number of nitrogens with one attached hydrogen (secondary N) is 2. The molecule has 1 spiro atoms. The van der Waals surface area contributed by atoms with Crippen LogP contribution in [0.4, 0.5) is 10.5 Å². The number of imide groups is 1. The first kappa shape index (κ1) is 21.6. The van der Waals surface area contributed by atoms with Crippen molar-refractivity contribution >= 4 is 23.5 Å². The predicted octanol–water partition coefficient (Wildman–Crippen LogP) is 2.20. The summed E-state index contributed by atoms with van der Waals surface area (Å²) >= 11 is 0. The van der Waals surface area contributed by atoms with Crippen LogP contribution in [-0.4, -0.2) is 61.1 Å². The lowest BCUT2D eigenvalue weighted by Crippen LogP contribution is -2.50. The zero-order valence-electron chi connectivity index (χ0n) is 18.4. The van der Waals surface area contributed by atoms with Gasteiger partial charge in [0, 0.05) is 18.8 Å². The summed E-state index contributed by atoms with van der Waals surface area (Å²) in [6, 6.07) is 7.42. The van der Waals surface area contributed by atoms with E-state index in [9.17, 15) is 14.4 Å². The molecule has 0 bridgehead atoms. The van der Waals surface area contributed by atoms with Gasteiger partial charge in [0.15, 0.2) is 0 Å². The Morgan fingerprint density at radius 3 is 2.48 bits per heavy atom. The van der Waals surface area contributed by atoms with Crippen molar-refractivity contribution in [3.8, 4) is 0 Å². The maximum absolute atomic E-state index is 12.9. The van der Waals surface area contributed by atoms with Gasteiger partial charge in [0.1, 0.15) is 12.1 Å². The Labute approximate surface area is 183 Å². The molecule has 1 saturated carbocycles. The van der Waals surface area contributed by atoms with E-state index in [4.69, 9.17) is 4.74 Å². The lowest BCUT2D eigenvalue weighted by atomic mass is 9.77. The molecule has 31 heavy (non-hydrogen) atoms. The minimum absolute atomic E-state index is 0.225. The van der Waals surface area contributed by atoms with Gasteiger partial charge in [-0.05, 0) is 56.2 Å². The molecule has 1 aromatic carbocycles. The number of urea groups is 1. The highest BCUT2D eigenvalue weighted by molar-refractivity contribution is 6.09. The second-order valence-electron chi connectivity index (χ2n) is 9.07. The zero-order chi connectivity index (χ0) is 22.0. The van der Waals surface area contributed by atoms with E-state index < -0.39 is 11.6 Å². The molecule has 1 aliphatic carbocycles. The summed E-state index contributed by atoms with van der Waals surface area (Å²) in [6.07, 6.45) is 3.10. The van der Waals surface area contributed by atoms with Crippen LogP contribution >= 0.6 is 0 Å². The minimum Gasteiger partial charge on any atom is -0.378 e. The third-order valence-electron chi connectivity index (χ3n) is 6.82. The van der Waals surface area contributed by atoms with E-state index in [2.05, 4.69) is 34.6 Å². The average molecular weight is 429 g/mol. The van der Waals surface area contributed by atoms with Crippen molar-refractivity contribution < 1.29 is 19.1 Å². The molecule has 168 valence electrons. The minimum atomic E-state index is -0.815. The highest BCUT2D eigenvalue weighted by atomic mass is 16.5. The number of morpholine rings is 1. The second-order valence-corrected chi connectivity index (χ2v) is 9.07. The number of rotatable bonds is 5. The Morgan fingerprint density at radius 2 is 1.84 bits per heavy atom. The monoisotopic (exact) mass is 428 g/mol. The first-order chi connectivity index (χ1) is 14.9. The molecule has 0 aromatic heterocycles. The number of hydrogen-bond donors (Lipinski definition) is 2. The fourth-order valence-electron chi connectivity index (χ4n) is 4.72. The summed E-state index contributed by atoms with van der Waals surface area (Å²) < 4.78 is 5.39. The average Bonchev–Trinajstić information content (AvgIpc) is 3.00. The van der Waals surface area contributed by atoms with Crippen LogP contribution in [0.1, 0.15) is 51.1 Å². The molecule has 4 rings (SSSR count). The standard InChI is InChI=1S/C23H32N4O4/c1-16-7-9-23(10-8-16)21(29)27(22(30)25-23)15-20(28)24-17(2)18-3-5-19(6-4-18)26-11-13-31-14-12-26/h3-6,16-17H,7-15H2,1-2H3,(H,24,28)(H,25,30). The SMILES string of the molecule is CC1CCC2(CC1)NC(=O)N(CC(=O)NC(C)c1ccc(N3CCOCC3)cc1)C2=O. The smallest absolute Gasteiger partial charge is 0.325 e. The molecule has 8 heteroatoms. The van der Waals surface area contributed by atoms with Gasteiger partial charge in [-0.3, -0.25) is 14.5 Å². The Balaban J connectivity index is 1.33. The van der Waals surface area contributed by atoms with Crippen LogP contribution in [0.25, 0.3) is 0 Å². The number of carbonyl (C=O) groups excluding carboxylic acids is 3. The lowest BCUT2D eigenvalue weighted by Gasteiger charge is -2.33. The van der Waals surface area contributed by atoms with Gasteiger partial charge in [-0.1, -0.05) is 19.1 Å². The largest absolute Gasteiger partial charge is 0.378 e. The number of ether oxygens (including phenoxy) is 1. The van der Waals surface area contributed by atoms with Crippen LogP contribution in [0.3, 0.4) is 0 Å². The van der Waals surface area contributed by atoms with Crippen molar-refractivity contribution in [3.63, 3.8) is 0 Å².